The van der Waals surface area contributed by atoms with Crippen molar-refractivity contribution in [2.45, 2.75) is 24.4 Å². The first-order chi connectivity index (χ1) is 12.4. The minimum absolute atomic E-state index is 0.216. The van der Waals surface area contributed by atoms with E-state index in [2.05, 4.69) is 10.5 Å². The molecule has 0 spiro atoms. The standard InChI is InChI=1S/C17H13F7N2O/c18-12-8-6-11(7-9-12)14(26-25-13-4-2-1-3-5-13)10-15(27,16(19,20)21)17(22,23)24/h1-9,25,27H,10H2/b26-14+. The van der Waals surface area contributed by atoms with Crippen LogP contribution in [0.4, 0.5) is 36.4 Å². The van der Waals surface area contributed by atoms with Gasteiger partial charge in [0.05, 0.1) is 11.4 Å². The van der Waals surface area contributed by atoms with Crippen LogP contribution in [0.15, 0.2) is 59.7 Å². The fourth-order valence-electron chi connectivity index (χ4n) is 2.10. The van der Waals surface area contributed by atoms with Gasteiger partial charge in [-0.25, -0.2) is 4.39 Å². The van der Waals surface area contributed by atoms with E-state index in [1.54, 1.807) is 18.2 Å². The molecule has 0 amide bonds. The van der Waals surface area contributed by atoms with Crippen LogP contribution in [0, 0.1) is 5.82 Å². The van der Waals surface area contributed by atoms with E-state index >= 15 is 0 Å². The number of nitrogens with zero attached hydrogens (tertiary/aromatic N) is 1. The molecule has 2 aromatic rings. The first-order valence-corrected chi connectivity index (χ1v) is 7.43. The Bertz CT molecular complexity index is 770. The molecule has 2 aromatic carbocycles. The summed E-state index contributed by atoms with van der Waals surface area (Å²) in [6.07, 6.45) is -13.9. The molecule has 0 heterocycles. The van der Waals surface area contributed by atoms with Crippen molar-refractivity contribution in [3.8, 4) is 0 Å². The maximum Gasteiger partial charge on any atom is 0.426 e. The van der Waals surface area contributed by atoms with Crippen LogP contribution in [0.1, 0.15) is 12.0 Å². The molecule has 0 aliphatic rings. The third-order valence-corrected chi connectivity index (χ3v) is 3.63. The molecule has 27 heavy (non-hydrogen) atoms. The maximum absolute atomic E-state index is 13.1. The van der Waals surface area contributed by atoms with E-state index in [4.69, 9.17) is 0 Å². The Hall–Kier alpha value is -2.62. The van der Waals surface area contributed by atoms with Crippen molar-refractivity contribution in [2.75, 3.05) is 5.43 Å². The summed E-state index contributed by atoms with van der Waals surface area (Å²) in [5.74, 6) is -0.740. The van der Waals surface area contributed by atoms with Gasteiger partial charge in [-0.1, -0.05) is 30.3 Å². The van der Waals surface area contributed by atoms with Crippen molar-refractivity contribution in [1.29, 1.82) is 0 Å². The highest BCUT2D eigenvalue weighted by molar-refractivity contribution is 6.01. The fraction of sp³-hybridized carbons (Fsp3) is 0.235. The number of alkyl halides is 6. The summed E-state index contributed by atoms with van der Waals surface area (Å²) in [5, 5.41) is 13.0. The number of hydrazone groups is 1. The number of anilines is 1. The molecule has 3 nitrogen and oxygen atoms in total. The number of rotatable bonds is 5. The van der Waals surface area contributed by atoms with Gasteiger partial charge in [-0.2, -0.15) is 31.4 Å². The van der Waals surface area contributed by atoms with Gasteiger partial charge in [0.1, 0.15) is 5.82 Å². The molecule has 0 aromatic heterocycles. The molecular weight excluding hydrogens is 381 g/mol. The third-order valence-electron chi connectivity index (χ3n) is 3.63. The molecule has 0 atom stereocenters. The van der Waals surface area contributed by atoms with Crippen LogP contribution in [0.2, 0.25) is 0 Å². The third kappa shape index (κ3) is 4.76. The predicted molar refractivity (Wildman–Crippen MR) is 84.7 cm³/mol. The minimum atomic E-state index is -6.00. The van der Waals surface area contributed by atoms with E-state index < -0.39 is 35.9 Å². The number of para-hydroxylation sites is 1. The topological polar surface area (TPSA) is 44.6 Å². The highest BCUT2D eigenvalue weighted by Gasteiger charge is 2.70. The maximum atomic E-state index is 13.1. The summed E-state index contributed by atoms with van der Waals surface area (Å²) in [4.78, 5) is 0. The van der Waals surface area contributed by atoms with E-state index in [9.17, 15) is 35.8 Å². The van der Waals surface area contributed by atoms with Crippen LogP contribution in [-0.4, -0.2) is 28.8 Å². The van der Waals surface area contributed by atoms with Gasteiger partial charge in [0.25, 0.3) is 5.60 Å². The number of benzene rings is 2. The average Bonchev–Trinajstić information content (AvgIpc) is 2.58. The molecule has 0 unspecified atom stereocenters. The first kappa shape index (κ1) is 20.7. The second-order valence-corrected chi connectivity index (χ2v) is 5.58. The summed E-state index contributed by atoms with van der Waals surface area (Å²) >= 11 is 0. The lowest BCUT2D eigenvalue weighted by Crippen LogP contribution is -2.58. The lowest BCUT2D eigenvalue weighted by atomic mass is 9.92. The largest absolute Gasteiger partial charge is 0.426 e. The van der Waals surface area contributed by atoms with Crippen LogP contribution >= 0.6 is 0 Å². The van der Waals surface area contributed by atoms with Gasteiger partial charge in [0.15, 0.2) is 0 Å². The van der Waals surface area contributed by atoms with Gasteiger partial charge in [0, 0.05) is 6.42 Å². The summed E-state index contributed by atoms with van der Waals surface area (Å²) < 4.78 is 91.0. The Kier molecular flexibility index (Phi) is 5.79. The van der Waals surface area contributed by atoms with Crippen LogP contribution in [0.5, 0.6) is 0 Å². The lowest BCUT2D eigenvalue weighted by Gasteiger charge is -2.32. The molecule has 0 radical (unpaired) electrons. The van der Waals surface area contributed by atoms with E-state index in [1.165, 1.54) is 12.1 Å². The first-order valence-electron chi connectivity index (χ1n) is 7.43. The van der Waals surface area contributed by atoms with Crippen molar-refractivity contribution in [2.24, 2.45) is 5.10 Å². The molecule has 10 heteroatoms. The second-order valence-electron chi connectivity index (χ2n) is 5.58. The summed E-state index contributed by atoms with van der Waals surface area (Å²) in [6.45, 7) is 0. The minimum Gasteiger partial charge on any atom is -0.373 e. The van der Waals surface area contributed by atoms with Crippen molar-refractivity contribution in [3.63, 3.8) is 0 Å². The lowest BCUT2D eigenvalue weighted by molar-refractivity contribution is -0.365. The molecule has 0 aliphatic carbocycles. The van der Waals surface area contributed by atoms with Crippen LogP contribution < -0.4 is 5.43 Å². The molecule has 146 valence electrons. The van der Waals surface area contributed by atoms with E-state index in [-0.39, 0.29) is 5.56 Å². The molecule has 0 bridgehead atoms. The molecule has 0 fully saturated rings. The Morgan fingerprint density at radius 2 is 1.37 bits per heavy atom. The predicted octanol–water partition coefficient (Wildman–Crippen LogP) is 4.89. The summed E-state index contributed by atoms with van der Waals surface area (Å²) in [7, 11) is 0. The molecule has 0 aliphatic heterocycles. The average molecular weight is 394 g/mol. The number of nitrogens with one attached hydrogen (secondary N) is 1. The summed E-state index contributed by atoms with van der Waals surface area (Å²) in [6, 6.07) is 11.4. The van der Waals surface area contributed by atoms with Gasteiger partial charge >= 0.3 is 12.4 Å². The Morgan fingerprint density at radius 3 is 1.85 bits per heavy atom. The number of hydrogen-bond donors (Lipinski definition) is 2. The number of halogens is 7. The van der Waals surface area contributed by atoms with Crippen LogP contribution in [0.3, 0.4) is 0 Å². The molecule has 0 saturated heterocycles. The Balaban J connectivity index is 2.47. The molecule has 0 saturated carbocycles. The highest BCUT2D eigenvalue weighted by atomic mass is 19.4. The van der Waals surface area contributed by atoms with Crippen molar-refractivity contribution >= 4 is 11.4 Å². The SMILES string of the molecule is OC(C/C(=N\Nc1ccccc1)c1ccc(F)cc1)(C(F)(F)F)C(F)(F)F. The zero-order valence-corrected chi connectivity index (χ0v) is 13.4. The van der Waals surface area contributed by atoms with Crippen molar-refractivity contribution in [1.82, 2.24) is 0 Å². The van der Waals surface area contributed by atoms with Gasteiger partial charge in [-0.3, -0.25) is 5.43 Å². The monoisotopic (exact) mass is 394 g/mol. The van der Waals surface area contributed by atoms with Crippen molar-refractivity contribution in [3.05, 3.63) is 66.0 Å². The zero-order chi connectivity index (χ0) is 20.3. The van der Waals surface area contributed by atoms with Crippen LogP contribution in [0.25, 0.3) is 0 Å². The zero-order valence-electron chi connectivity index (χ0n) is 13.4. The molecular formula is C17H13F7N2O. The highest BCUT2D eigenvalue weighted by Crippen LogP contribution is 2.45. The molecule has 2 rings (SSSR count). The second kappa shape index (κ2) is 7.55. The van der Waals surface area contributed by atoms with Crippen LogP contribution in [-0.2, 0) is 0 Å². The molecule has 2 N–H and O–H groups in total. The smallest absolute Gasteiger partial charge is 0.373 e. The van der Waals surface area contributed by atoms with Gasteiger partial charge in [-0.15, -0.1) is 0 Å². The number of aliphatic hydroxyl groups is 1. The van der Waals surface area contributed by atoms with E-state index in [1.807, 2.05) is 0 Å². The Morgan fingerprint density at radius 1 is 0.852 bits per heavy atom. The van der Waals surface area contributed by atoms with Gasteiger partial charge < -0.3 is 5.11 Å². The van der Waals surface area contributed by atoms with Gasteiger partial charge in [-0.05, 0) is 29.8 Å². The fourth-order valence-corrected chi connectivity index (χ4v) is 2.10. The summed E-state index contributed by atoms with van der Waals surface area (Å²) in [5.41, 5.74) is -3.37. The normalized spacial score (nSPS) is 13.6. The quantitative estimate of drug-likeness (QED) is 0.431. The van der Waals surface area contributed by atoms with Gasteiger partial charge in [0.2, 0.25) is 0 Å². The van der Waals surface area contributed by atoms with E-state index in [0.29, 0.717) is 5.69 Å². The Labute approximate surface area is 149 Å². The van der Waals surface area contributed by atoms with Crippen molar-refractivity contribution < 1.29 is 35.8 Å². The number of hydrogen-bond acceptors (Lipinski definition) is 3. The van der Waals surface area contributed by atoms with E-state index in [0.717, 1.165) is 24.3 Å².